The number of halogens is 1. The smallest absolute Gasteiger partial charge is 0.251 e. The molecular weight excluding hydrogens is 422 g/mol. The lowest BCUT2D eigenvalue weighted by atomic mass is 10.0. The molecule has 0 unspecified atom stereocenters. The van der Waals surface area contributed by atoms with Crippen LogP contribution in [0.25, 0.3) is 10.9 Å². The number of nitrogens with two attached hydrogens (primary N) is 1. The van der Waals surface area contributed by atoms with Crippen molar-refractivity contribution >= 4 is 34.2 Å². The lowest BCUT2D eigenvalue weighted by Crippen LogP contribution is -2.24. The van der Waals surface area contributed by atoms with E-state index in [9.17, 15) is 4.79 Å². The number of aryl methyl sites for hydroxylation is 3. The highest BCUT2D eigenvalue weighted by Gasteiger charge is 2.13. The molecular formula is C25H24ClN5O. The van der Waals surface area contributed by atoms with Crippen molar-refractivity contribution < 1.29 is 4.79 Å². The van der Waals surface area contributed by atoms with Crippen LogP contribution in [-0.4, -0.2) is 20.9 Å². The first-order chi connectivity index (χ1) is 15.3. The Morgan fingerprint density at radius 2 is 1.91 bits per heavy atom. The number of aromatic nitrogens is 3. The average Bonchev–Trinajstić information content (AvgIpc) is 2.72. The first kappa shape index (κ1) is 21.7. The molecule has 0 fully saturated rings. The molecule has 0 saturated carbocycles. The van der Waals surface area contributed by atoms with Gasteiger partial charge in [-0.25, -0.2) is 4.98 Å². The summed E-state index contributed by atoms with van der Waals surface area (Å²) < 4.78 is 0. The van der Waals surface area contributed by atoms with Crippen LogP contribution in [0.4, 0.5) is 5.82 Å². The van der Waals surface area contributed by atoms with Gasteiger partial charge in [-0.1, -0.05) is 29.8 Å². The van der Waals surface area contributed by atoms with E-state index in [-0.39, 0.29) is 5.91 Å². The minimum Gasteiger partial charge on any atom is -0.384 e. The fourth-order valence-corrected chi connectivity index (χ4v) is 4.09. The molecule has 7 heteroatoms. The van der Waals surface area contributed by atoms with E-state index in [0.29, 0.717) is 29.4 Å². The van der Waals surface area contributed by atoms with Gasteiger partial charge in [0.15, 0.2) is 0 Å². The van der Waals surface area contributed by atoms with Crippen LogP contribution < -0.4 is 11.1 Å². The Balaban J connectivity index is 1.56. The number of nitrogen functional groups attached to an aromatic ring is 1. The summed E-state index contributed by atoms with van der Waals surface area (Å²) in [6.45, 7) is 6.13. The molecule has 0 radical (unpaired) electrons. The summed E-state index contributed by atoms with van der Waals surface area (Å²) in [5, 5.41) is 4.57. The molecule has 6 nitrogen and oxygen atoms in total. The molecule has 3 aromatic heterocycles. The van der Waals surface area contributed by atoms with Crippen molar-refractivity contribution in [2.45, 2.75) is 33.7 Å². The molecule has 32 heavy (non-hydrogen) atoms. The SMILES string of the molecule is Cc1cc(C(=O)NCc2c(C)cc(N)nc2C)cc(Cc2cccc3cc(Cl)cnc23)n1. The van der Waals surface area contributed by atoms with Gasteiger partial charge in [0, 0.05) is 47.2 Å². The fraction of sp³-hybridized carbons (Fsp3) is 0.200. The number of hydrogen-bond acceptors (Lipinski definition) is 5. The largest absolute Gasteiger partial charge is 0.384 e. The van der Waals surface area contributed by atoms with Crippen LogP contribution >= 0.6 is 11.6 Å². The maximum Gasteiger partial charge on any atom is 0.251 e. The number of benzene rings is 1. The number of nitrogens with zero attached hydrogens (tertiary/aromatic N) is 3. The fourth-order valence-electron chi connectivity index (χ4n) is 3.92. The third-order valence-electron chi connectivity index (χ3n) is 5.40. The molecule has 0 aliphatic rings. The number of para-hydroxylation sites is 1. The Morgan fingerprint density at radius 3 is 2.69 bits per heavy atom. The lowest BCUT2D eigenvalue weighted by Gasteiger charge is -2.12. The summed E-state index contributed by atoms with van der Waals surface area (Å²) in [7, 11) is 0. The zero-order chi connectivity index (χ0) is 22.8. The molecule has 4 rings (SSSR count). The molecule has 0 aliphatic carbocycles. The van der Waals surface area contributed by atoms with Gasteiger partial charge in [-0.2, -0.15) is 0 Å². The first-order valence-electron chi connectivity index (χ1n) is 10.3. The molecule has 0 atom stereocenters. The molecule has 162 valence electrons. The predicted molar refractivity (Wildman–Crippen MR) is 128 cm³/mol. The first-order valence-corrected chi connectivity index (χ1v) is 10.7. The number of rotatable bonds is 5. The number of pyridine rings is 3. The van der Waals surface area contributed by atoms with E-state index in [1.807, 2.05) is 57.2 Å². The van der Waals surface area contributed by atoms with Gasteiger partial charge in [0.25, 0.3) is 5.91 Å². The van der Waals surface area contributed by atoms with Crippen molar-refractivity contribution in [2.24, 2.45) is 0 Å². The number of nitrogens with one attached hydrogen (secondary N) is 1. The van der Waals surface area contributed by atoms with Gasteiger partial charge in [0.2, 0.25) is 0 Å². The Morgan fingerprint density at radius 1 is 1.09 bits per heavy atom. The second-order valence-electron chi connectivity index (χ2n) is 7.92. The van der Waals surface area contributed by atoms with E-state index in [1.54, 1.807) is 12.3 Å². The third kappa shape index (κ3) is 4.70. The van der Waals surface area contributed by atoms with Gasteiger partial charge in [-0.05, 0) is 61.7 Å². The Hall–Kier alpha value is -3.51. The van der Waals surface area contributed by atoms with Gasteiger partial charge in [0.1, 0.15) is 5.82 Å². The van der Waals surface area contributed by atoms with Crippen molar-refractivity contribution in [3.8, 4) is 0 Å². The van der Waals surface area contributed by atoms with Crippen LogP contribution in [0.15, 0.2) is 48.7 Å². The van der Waals surface area contributed by atoms with E-state index >= 15 is 0 Å². The third-order valence-corrected chi connectivity index (χ3v) is 5.61. The summed E-state index contributed by atoms with van der Waals surface area (Å²) in [6.07, 6.45) is 2.21. The normalized spacial score (nSPS) is 11.0. The van der Waals surface area contributed by atoms with Gasteiger partial charge >= 0.3 is 0 Å². The Bertz CT molecular complexity index is 1310. The zero-order valence-electron chi connectivity index (χ0n) is 18.2. The van der Waals surface area contributed by atoms with Crippen molar-refractivity contribution in [3.05, 3.63) is 93.0 Å². The van der Waals surface area contributed by atoms with E-state index < -0.39 is 0 Å². The highest BCUT2D eigenvalue weighted by Crippen LogP contribution is 2.22. The Kier molecular flexibility index (Phi) is 6.06. The Labute approximate surface area is 191 Å². The molecule has 0 bridgehead atoms. The predicted octanol–water partition coefficient (Wildman–Crippen LogP) is 4.71. The molecule has 4 aromatic rings. The molecule has 3 heterocycles. The number of carbonyl (C=O) groups excluding carboxylic acids is 1. The van der Waals surface area contributed by atoms with Gasteiger partial charge in [0.05, 0.1) is 10.5 Å². The van der Waals surface area contributed by atoms with Crippen LogP contribution in [0.3, 0.4) is 0 Å². The van der Waals surface area contributed by atoms with Crippen LogP contribution in [0.2, 0.25) is 5.02 Å². The highest BCUT2D eigenvalue weighted by molar-refractivity contribution is 6.31. The number of hydrogen-bond donors (Lipinski definition) is 2. The summed E-state index contributed by atoms with van der Waals surface area (Å²) in [6, 6.07) is 13.3. The summed E-state index contributed by atoms with van der Waals surface area (Å²) in [4.78, 5) is 26.3. The molecule has 1 aromatic carbocycles. The van der Waals surface area contributed by atoms with E-state index in [2.05, 4.69) is 20.3 Å². The molecule has 0 saturated heterocycles. The van der Waals surface area contributed by atoms with Crippen LogP contribution in [-0.2, 0) is 13.0 Å². The van der Waals surface area contributed by atoms with Gasteiger partial charge < -0.3 is 11.1 Å². The van der Waals surface area contributed by atoms with Gasteiger partial charge in [-0.3, -0.25) is 14.8 Å². The van der Waals surface area contributed by atoms with Crippen molar-refractivity contribution in [1.82, 2.24) is 20.3 Å². The molecule has 0 aliphatic heterocycles. The summed E-state index contributed by atoms with van der Waals surface area (Å²) in [5.74, 6) is 0.324. The topological polar surface area (TPSA) is 93.8 Å². The average molecular weight is 446 g/mol. The van der Waals surface area contributed by atoms with Crippen molar-refractivity contribution in [3.63, 3.8) is 0 Å². The maximum atomic E-state index is 12.9. The van der Waals surface area contributed by atoms with E-state index in [0.717, 1.165) is 44.7 Å². The highest BCUT2D eigenvalue weighted by atomic mass is 35.5. The summed E-state index contributed by atoms with van der Waals surface area (Å²) in [5.41, 5.74) is 12.7. The molecule has 3 N–H and O–H groups in total. The zero-order valence-corrected chi connectivity index (χ0v) is 19.0. The molecule has 0 spiro atoms. The number of anilines is 1. The van der Waals surface area contributed by atoms with E-state index in [4.69, 9.17) is 17.3 Å². The monoisotopic (exact) mass is 445 g/mol. The van der Waals surface area contributed by atoms with Crippen LogP contribution in [0, 0.1) is 20.8 Å². The van der Waals surface area contributed by atoms with Crippen molar-refractivity contribution in [2.75, 3.05) is 5.73 Å². The van der Waals surface area contributed by atoms with Gasteiger partial charge in [-0.15, -0.1) is 0 Å². The molecule has 1 amide bonds. The number of carbonyl (C=O) groups is 1. The number of amides is 1. The van der Waals surface area contributed by atoms with Crippen molar-refractivity contribution in [1.29, 1.82) is 0 Å². The van der Waals surface area contributed by atoms with Crippen LogP contribution in [0.5, 0.6) is 0 Å². The second kappa shape index (κ2) is 8.93. The summed E-state index contributed by atoms with van der Waals surface area (Å²) >= 11 is 6.08. The standard InChI is InChI=1S/C25H24ClN5O/c1-14-7-23(27)31-16(3)22(14)13-29-25(32)19-8-15(2)30-21(11-19)10-18-6-4-5-17-9-20(26)12-28-24(17)18/h4-9,11-12H,10,13H2,1-3H3,(H2,27,31)(H,29,32). The second-order valence-corrected chi connectivity index (χ2v) is 8.35. The minimum absolute atomic E-state index is 0.157. The number of fused-ring (bicyclic) bond motifs is 1. The maximum absolute atomic E-state index is 12.9. The lowest BCUT2D eigenvalue weighted by molar-refractivity contribution is 0.0950. The minimum atomic E-state index is -0.157. The van der Waals surface area contributed by atoms with E-state index in [1.165, 1.54) is 0 Å². The van der Waals surface area contributed by atoms with Crippen LogP contribution in [0.1, 0.15) is 44.1 Å². The quantitative estimate of drug-likeness (QED) is 0.464.